The first kappa shape index (κ1) is 14.9. The molecule has 1 N–H and O–H groups in total. The summed E-state index contributed by atoms with van der Waals surface area (Å²) in [6.07, 6.45) is 4.50. The average molecular weight is 275 g/mol. The number of rotatable bonds is 3. The number of amides is 1. The van der Waals surface area contributed by atoms with Gasteiger partial charge in [-0.05, 0) is 36.8 Å². The molecule has 0 atom stereocenters. The third-order valence-electron chi connectivity index (χ3n) is 5.08. The molecule has 0 saturated carbocycles. The van der Waals surface area contributed by atoms with Gasteiger partial charge in [0, 0.05) is 13.1 Å². The predicted molar refractivity (Wildman–Crippen MR) is 81.0 cm³/mol. The molecule has 110 valence electrons. The zero-order valence-corrected chi connectivity index (χ0v) is 12.8. The van der Waals surface area contributed by atoms with Gasteiger partial charge in [0.25, 0.3) is 5.91 Å². The highest BCUT2D eigenvalue weighted by Crippen LogP contribution is 2.38. The summed E-state index contributed by atoms with van der Waals surface area (Å²) in [5.74, 6) is 0.0901. The third-order valence-corrected chi connectivity index (χ3v) is 5.08. The predicted octanol–water partition coefficient (Wildman–Crippen LogP) is 3.74. The van der Waals surface area contributed by atoms with Crippen LogP contribution < -0.4 is 0 Å². The number of nitrogens with zero attached hydrogens (tertiary/aromatic N) is 1. The summed E-state index contributed by atoms with van der Waals surface area (Å²) in [5, 5.41) is 10.0. The minimum atomic E-state index is -0.0352. The van der Waals surface area contributed by atoms with E-state index in [1.165, 1.54) is 12.8 Å². The number of likely N-dealkylation sites (tertiary alicyclic amines) is 1. The Morgan fingerprint density at radius 2 is 1.85 bits per heavy atom. The van der Waals surface area contributed by atoms with Gasteiger partial charge in [-0.3, -0.25) is 4.79 Å². The van der Waals surface area contributed by atoms with E-state index in [1.807, 2.05) is 24.0 Å². The van der Waals surface area contributed by atoms with Gasteiger partial charge in [-0.25, -0.2) is 0 Å². The van der Waals surface area contributed by atoms with Gasteiger partial charge in [-0.2, -0.15) is 0 Å². The van der Waals surface area contributed by atoms with Crippen LogP contribution in [0.2, 0.25) is 0 Å². The number of phenolic OH excluding ortho intramolecular Hbond substituents is 1. The molecule has 0 radical (unpaired) electrons. The Labute approximate surface area is 121 Å². The highest BCUT2D eigenvalue weighted by molar-refractivity contribution is 5.97. The van der Waals surface area contributed by atoms with Gasteiger partial charge in [0.1, 0.15) is 5.75 Å². The molecule has 1 amide bonds. The number of hydrogen-bond donors (Lipinski definition) is 1. The van der Waals surface area contributed by atoms with E-state index < -0.39 is 0 Å². The van der Waals surface area contributed by atoms with Gasteiger partial charge in [-0.15, -0.1) is 0 Å². The van der Waals surface area contributed by atoms with Crippen LogP contribution in [0.1, 0.15) is 55.5 Å². The second-order valence-electron chi connectivity index (χ2n) is 5.97. The normalized spacial score (nSPS) is 18.1. The van der Waals surface area contributed by atoms with Gasteiger partial charge in [0.15, 0.2) is 0 Å². The van der Waals surface area contributed by atoms with Crippen LogP contribution in [0.25, 0.3) is 0 Å². The maximum atomic E-state index is 12.5. The van der Waals surface area contributed by atoms with Crippen molar-refractivity contribution >= 4 is 5.91 Å². The van der Waals surface area contributed by atoms with E-state index in [-0.39, 0.29) is 11.7 Å². The Morgan fingerprint density at radius 1 is 1.25 bits per heavy atom. The van der Waals surface area contributed by atoms with E-state index in [4.69, 9.17) is 0 Å². The van der Waals surface area contributed by atoms with Crippen molar-refractivity contribution in [2.75, 3.05) is 13.1 Å². The molecule has 2 rings (SSSR count). The van der Waals surface area contributed by atoms with Crippen molar-refractivity contribution in [3.63, 3.8) is 0 Å². The molecule has 20 heavy (non-hydrogen) atoms. The first-order valence-corrected chi connectivity index (χ1v) is 7.61. The second-order valence-corrected chi connectivity index (χ2v) is 5.97. The SMILES string of the molecule is CCC1(CC)CCN(C(=O)c2cccc(C)c2O)CC1. The zero-order chi connectivity index (χ0) is 14.8. The van der Waals surface area contributed by atoms with Crippen molar-refractivity contribution in [2.45, 2.75) is 46.5 Å². The van der Waals surface area contributed by atoms with Crippen LogP contribution >= 0.6 is 0 Å². The monoisotopic (exact) mass is 275 g/mol. The lowest BCUT2D eigenvalue weighted by Gasteiger charge is -2.41. The first-order valence-electron chi connectivity index (χ1n) is 7.61. The topological polar surface area (TPSA) is 40.5 Å². The minimum absolute atomic E-state index is 0.0352. The Hall–Kier alpha value is -1.51. The highest BCUT2D eigenvalue weighted by atomic mass is 16.3. The smallest absolute Gasteiger partial charge is 0.257 e. The number of para-hydroxylation sites is 1. The Morgan fingerprint density at radius 3 is 2.40 bits per heavy atom. The maximum Gasteiger partial charge on any atom is 0.257 e. The summed E-state index contributed by atoms with van der Waals surface area (Å²) in [6, 6.07) is 5.36. The van der Waals surface area contributed by atoms with Crippen LogP contribution in [-0.4, -0.2) is 29.0 Å². The molecule has 1 aliphatic heterocycles. The largest absolute Gasteiger partial charge is 0.507 e. The quantitative estimate of drug-likeness (QED) is 0.912. The average Bonchev–Trinajstić information content (AvgIpc) is 2.49. The van der Waals surface area contributed by atoms with Crippen LogP contribution in [0.15, 0.2) is 18.2 Å². The fourth-order valence-corrected chi connectivity index (χ4v) is 3.14. The molecule has 1 aromatic carbocycles. The fraction of sp³-hybridized carbons (Fsp3) is 0.588. The molecule has 1 aromatic rings. The lowest BCUT2D eigenvalue weighted by molar-refractivity contribution is 0.0555. The summed E-state index contributed by atoms with van der Waals surface area (Å²) >= 11 is 0. The summed E-state index contributed by atoms with van der Waals surface area (Å²) in [4.78, 5) is 14.4. The van der Waals surface area contributed by atoms with Crippen LogP contribution in [-0.2, 0) is 0 Å². The molecule has 1 saturated heterocycles. The van der Waals surface area contributed by atoms with Crippen LogP contribution in [0.5, 0.6) is 5.75 Å². The van der Waals surface area contributed by atoms with Crippen molar-refractivity contribution in [1.29, 1.82) is 0 Å². The first-order chi connectivity index (χ1) is 9.53. The fourth-order valence-electron chi connectivity index (χ4n) is 3.14. The van der Waals surface area contributed by atoms with Crippen molar-refractivity contribution < 1.29 is 9.90 Å². The molecular formula is C17H25NO2. The van der Waals surface area contributed by atoms with Gasteiger partial charge >= 0.3 is 0 Å². The maximum absolute atomic E-state index is 12.5. The molecule has 0 spiro atoms. The highest BCUT2D eigenvalue weighted by Gasteiger charge is 2.33. The Balaban J connectivity index is 2.11. The van der Waals surface area contributed by atoms with Gasteiger partial charge in [-0.1, -0.05) is 38.8 Å². The minimum Gasteiger partial charge on any atom is -0.507 e. The number of aromatic hydroxyl groups is 1. The van der Waals surface area contributed by atoms with Gasteiger partial charge < -0.3 is 10.0 Å². The summed E-state index contributed by atoms with van der Waals surface area (Å²) in [5.41, 5.74) is 1.60. The number of carbonyl (C=O) groups excluding carboxylic acids is 1. The standard InChI is InChI=1S/C17H25NO2/c1-4-17(5-2)9-11-18(12-10-17)16(20)14-8-6-7-13(3)15(14)19/h6-8,19H,4-5,9-12H2,1-3H3. The van der Waals surface area contributed by atoms with Crippen LogP contribution in [0.3, 0.4) is 0 Å². The Bertz CT molecular complexity index is 482. The molecule has 1 heterocycles. The number of phenols is 1. The van der Waals surface area contributed by atoms with Gasteiger partial charge in [0.2, 0.25) is 0 Å². The molecule has 1 fully saturated rings. The van der Waals surface area contributed by atoms with E-state index in [0.717, 1.165) is 31.5 Å². The number of piperidine rings is 1. The van der Waals surface area contributed by atoms with E-state index in [0.29, 0.717) is 11.0 Å². The van der Waals surface area contributed by atoms with Crippen molar-refractivity contribution in [2.24, 2.45) is 5.41 Å². The van der Waals surface area contributed by atoms with E-state index >= 15 is 0 Å². The summed E-state index contributed by atoms with van der Waals surface area (Å²) < 4.78 is 0. The second kappa shape index (κ2) is 5.86. The summed E-state index contributed by atoms with van der Waals surface area (Å²) in [7, 11) is 0. The zero-order valence-electron chi connectivity index (χ0n) is 12.8. The summed E-state index contributed by atoms with van der Waals surface area (Å²) in [6.45, 7) is 7.91. The number of aryl methyl sites for hydroxylation is 1. The molecule has 0 aliphatic carbocycles. The molecule has 1 aliphatic rings. The molecule has 3 nitrogen and oxygen atoms in total. The van der Waals surface area contributed by atoms with E-state index in [2.05, 4.69) is 13.8 Å². The van der Waals surface area contributed by atoms with E-state index in [9.17, 15) is 9.90 Å². The van der Waals surface area contributed by atoms with Crippen molar-refractivity contribution in [1.82, 2.24) is 4.90 Å². The molecular weight excluding hydrogens is 250 g/mol. The van der Waals surface area contributed by atoms with Crippen molar-refractivity contribution in [3.8, 4) is 5.75 Å². The Kier molecular flexibility index (Phi) is 4.36. The number of benzene rings is 1. The van der Waals surface area contributed by atoms with E-state index in [1.54, 1.807) is 6.07 Å². The molecule has 3 heteroatoms. The number of carbonyl (C=O) groups is 1. The molecule has 0 unspecified atom stereocenters. The lowest BCUT2D eigenvalue weighted by Crippen LogP contribution is -2.42. The number of hydrogen-bond acceptors (Lipinski definition) is 2. The molecule has 0 aromatic heterocycles. The van der Waals surface area contributed by atoms with Gasteiger partial charge in [0.05, 0.1) is 5.56 Å². The lowest BCUT2D eigenvalue weighted by atomic mass is 9.74. The van der Waals surface area contributed by atoms with Crippen molar-refractivity contribution in [3.05, 3.63) is 29.3 Å². The molecule has 0 bridgehead atoms. The third kappa shape index (κ3) is 2.67. The van der Waals surface area contributed by atoms with Crippen LogP contribution in [0.4, 0.5) is 0 Å². The van der Waals surface area contributed by atoms with Crippen LogP contribution in [0, 0.1) is 12.3 Å².